The topological polar surface area (TPSA) is 56.4 Å². The summed E-state index contributed by atoms with van der Waals surface area (Å²) >= 11 is 0. The van der Waals surface area contributed by atoms with Crippen LogP contribution >= 0.6 is 0 Å². The molecule has 1 aliphatic rings. The molecular weight excluding hydrogens is 280 g/mol. The third-order valence-corrected chi connectivity index (χ3v) is 4.23. The number of nitrogens with one attached hydrogen (secondary N) is 1. The molecule has 1 aliphatic heterocycles. The monoisotopic (exact) mass is 302 g/mol. The van der Waals surface area contributed by atoms with Gasteiger partial charge >= 0.3 is 0 Å². The zero-order valence-corrected chi connectivity index (χ0v) is 13.1. The van der Waals surface area contributed by atoms with Crippen molar-refractivity contribution in [1.29, 1.82) is 0 Å². The minimum Gasteiger partial charge on any atom is -0.467 e. The third-order valence-electron chi connectivity index (χ3n) is 4.23. The Kier molecular flexibility index (Phi) is 4.34. The van der Waals surface area contributed by atoms with Crippen molar-refractivity contribution in [3.8, 4) is 0 Å². The molecule has 0 radical (unpaired) electrons. The maximum atomic E-state index is 12.4. The van der Waals surface area contributed by atoms with Crippen LogP contribution in [0.2, 0.25) is 0 Å². The predicted molar refractivity (Wildman–Crippen MR) is 83.0 cm³/mol. The predicted octanol–water partition coefficient (Wildman–Crippen LogP) is 2.66. The van der Waals surface area contributed by atoms with Crippen LogP contribution in [0.4, 0.5) is 0 Å². The van der Waals surface area contributed by atoms with Crippen molar-refractivity contribution in [3.63, 3.8) is 0 Å². The fraction of sp³-hybridized carbons (Fsp3) is 0.471. The van der Waals surface area contributed by atoms with Crippen LogP contribution in [0.5, 0.6) is 0 Å². The Labute approximate surface area is 130 Å². The molecule has 2 aromatic rings. The summed E-state index contributed by atoms with van der Waals surface area (Å²) in [5, 5.41) is 2.98. The molecule has 118 valence electrons. The van der Waals surface area contributed by atoms with Crippen molar-refractivity contribution in [2.75, 3.05) is 13.2 Å². The Hall–Kier alpha value is -2.01. The van der Waals surface area contributed by atoms with E-state index in [1.807, 2.05) is 32.0 Å². The van der Waals surface area contributed by atoms with E-state index in [2.05, 4.69) is 9.88 Å². The Morgan fingerprint density at radius 1 is 1.45 bits per heavy atom. The Balaban J connectivity index is 1.69. The molecule has 0 saturated carbocycles. The molecule has 0 aromatic carbocycles. The number of ether oxygens (including phenoxy) is 1. The number of hydrogen-bond acceptors (Lipinski definition) is 3. The highest BCUT2D eigenvalue weighted by Gasteiger charge is 2.19. The summed E-state index contributed by atoms with van der Waals surface area (Å²) in [4.78, 5) is 12.4. The van der Waals surface area contributed by atoms with Gasteiger partial charge in [-0.05, 0) is 44.9 Å². The van der Waals surface area contributed by atoms with Gasteiger partial charge in [-0.25, -0.2) is 0 Å². The van der Waals surface area contributed by atoms with Crippen molar-refractivity contribution in [1.82, 2.24) is 9.88 Å². The zero-order chi connectivity index (χ0) is 15.5. The number of furan rings is 1. The van der Waals surface area contributed by atoms with Gasteiger partial charge in [-0.15, -0.1) is 0 Å². The van der Waals surface area contributed by atoms with Crippen LogP contribution in [-0.2, 0) is 11.3 Å². The molecule has 3 rings (SSSR count). The van der Waals surface area contributed by atoms with Crippen molar-refractivity contribution in [2.45, 2.75) is 39.3 Å². The summed E-state index contributed by atoms with van der Waals surface area (Å²) in [5.41, 5.74) is 2.73. The minimum atomic E-state index is -0.0331. The number of carbonyl (C=O) groups is 1. The van der Waals surface area contributed by atoms with E-state index < -0.39 is 0 Å². The fourth-order valence-corrected chi connectivity index (χ4v) is 2.94. The lowest BCUT2D eigenvalue weighted by atomic mass is 10.2. The summed E-state index contributed by atoms with van der Waals surface area (Å²) < 4.78 is 13.0. The zero-order valence-electron chi connectivity index (χ0n) is 13.1. The van der Waals surface area contributed by atoms with Gasteiger partial charge in [-0.3, -0.25) is 4.79 Å². The second-order valence-electron chi connectivity index (χ2n) is 5.80. The van der Waals surface area contributed by atoms with Crippen LogP contribution in [0.1, 0.15) is 40.3 Å². The molecule has 1 atom stereocenters. The molecule has 5 nitrogen and oxygen atoms in total. The number of hydrogen-bond donors (Lipinski definition) is 1. The van der Waals surface area contributed by atoms with E-state index >= 15 is 0 Å². The summed E-state index contributed by atoms with van der Waals surface area (Å²) in [5.74, 6) is 0.849. The van der Waals surface area contributed by atoms with E-state index in [1.165, 1.54) is 0 Å². The molecule has 0 spiro atoms. The average Bonchev–Trinajstić information content (AvgIpc) is 3.23. The summed E-state index contributed by atoms with van der Waals surface area (Å²) in [6.07, 6.45) is 3.94. The van der Waals surface area contributed by atoms with Gasteiger partial charge in [0.15, 0.2) is 0 Å². The first-order valence-corrected chi connectivity index (χ1v) is 7.74. The fourth-order valence-electron chi connectivity index (χ4n) is 2.94. The van der Waals surface area contributed by atoms with E-state index in [9.17, 15) is 4.79 Å². The van der Waals surface area contributed by atoms with Crippen LogP contribution in [0.15, 0.2) is 28.9 Å². The Morgan fingerprint density at radius 3 is 3.00 bits per heavy atom. The molecule has 1 unspecified atom stereocenters. The number of amides is 1. The Morgan fingerprint density at radius 2 is 2.32 bits per heavy atom. The summed E-state index contributed by atoms with van der Waals surface area (Å²) in [6.45, 7) is 6.01. The van der Waals surface area contributed by atoms with Gasteiger partial charge in [0, 0.05) is 24.5 Å². The largest absolute Gasteiger partial charge is 0.467 e. The second kappa shape index (κ2) is 6.40. The minimum absolute atomic E-state index is 0.0331. The average molecular weight is 302 g/mol. The van der Waals surface area contributed by atoms with Crippen molar-refractivity contribution in [3.05, 3.63) is 47.2 Å². The molecule has 1 fully saturated rings. The maximum Gasteiger partial charge on any atom is 0.253 e. The lowest BCUT2D eigenvalue weighted by Crippen LogP contribution is -2.32. The van der Waals surface area contributed by atoms with Gasteiger partial charge in [-0.1, -0.05) is 0 Å². The standard InChI is InChI=1S/C17H22N2O3/c1-12-9-16(17(20)18-10-14-5-3-7-21-14)13(2)19(12)11-15-6-4-8-22-15/h4,6,8-9,14H,3,5,7,10-11H2,1-2H3,(H,18,20). The van der Waals surface area contributed by atoms with Crippen molar-refractivity contribution < 1.29 is 13.9 Å². The van der Waals surface area contributed by atoms with Gasteiger partial charge in [0.25, 0.3) is 5.91 Å². The smallest absolute Gasteiger partial charge is 0.253 e. The molecule has 0 aliphatic carbocycles. The van der Waals surface area contributed by atoms with Gasteiger partial charge in [0.1, 0.15) is 5.76 Å². The molecule has 3 heterocycles. The highest BCUT2D eigenvalue weighted by Crippen LogP contribution is 2.18. The first-order valence-electron chi connectivity index (χ1n) is 7.74. The number of aromatic nitrogens is 1. The summed E-state index contributed by atoms with van der Waals surface area (Å²) in [6, 6.07) is 5.75. The molecule has 0 bridgehead atoms. The van der Waals surface area contributed by atoms with Crippen LogP contribution in [-0.4, -0.2) is 29.7 Å². The van der Waals surface area contributed by atoms with E-state index in [0.29, 0.717) is 13.1 Å². The molecule has 1 N–H and O–H groups in total. The van der Waals surface area contributed by atoms with Gasteiger partial charge in [-0.2, -0.15) is 0 Å². The number of rotatable bonds is 5. The van der Waals surface area contributed by atoms with Crippen LogP contribution < -0.4 is 5.32 Å². The summed E-state index contributed by atoms with van der Waals surface area (Å²) in [7, 11) is 0. The van der Waals surface area contributed by atoms with Crippen LogP contribution in [0.25, 0.3) is 0 Å². The maximum absolute atomic E-state index is 12.4. The molecule has 5 heteroatoms. The lowest BCUT2D eigenvalue weighted by Gasteiger charge is -2.11. The molecule has 1 amide bonds. The highest BCUT2D eigenvalue weighted by molar-refractivity contribution is 5.95. The van der Waals surface area contributed by atoms with Gasteiger partial charge in [0.05, 0.1) is 24.5 Å². The lowest BCUT2D eigenvalue weighted by molar-refractivity contribution is 0.0857. The van der Waals surface area contributed by atoms with E-state index in [-0.39, 0.29) is 12.0 Å². The van der Waals surface area contributed by atoms with Gasteiger partial charge in [0.2, 0.25) is 0 Å². The third kappa shape index (κ3) is 3.09. The van der Waals surface area contributed by atoms with Crippen LogP contribution in [0, 0.1) is 13.8 Å². The first kappa shape index (κ1) is 14.9. The SMILES string of the molecule is Cc1cc(C(=O)NCC2CCCO2)c(C)n1Cc1ccco1. The van der Waals surface area contributed by atoms with Crippen molar-refractivity contribution in [2.24, 2.45) is 0 Å². The van der Waals surface area contributed by atoms with E-state index in [4.69, 9.17) is 9.15 Å². The molecule has 1 saturated heterocycles. The van der Waals surface area contributed by atoms with E-state index in [1.54, 1.807) is 6.26 Å². The van der Waals surface area contributed by atoms with Crippen molar-refractivity contribution >= 4 is 5.91 Å². The van der Waals surface area contributed by atoms with Gasteiger partial charge < -0.3 is 19.0 Å². The molecule has 22 heavy (non-hydrogen) atoms. The normalized spacial score (nSPS) is 17.8. The number of carbonyl (C=O) groups excluding carboxylic acids is 1. The number of nitrogens with zero attached hydrogens (tertiary/aromatic N) is 1. The molecular formula is C17H22N2O3. The molecule has 2 aromatic heterocycles. The quantitative estimate of drug-likeness (QED) is 0.924. The van der Waals surface area contributed by atoms with Crippen LogP contribution in [0.3, 0.4) is 0 Å². The highest BCUT2D eigenvalue weighted by atomic mass is 16.5. The number of aryl methyl sites for hydroxylation is 1. The Bertz CT molecular complexity index is 637. The van der Waals surface area contributed by atoms with E-state index in [0.717, 1.165) is 42.2 Å². The first-order chi connectivity index (χ1) is 10.6. The second-order valence-corrected chi connectivity index (χ2v) is 5.80.